The number of fused-ring (bicyclic) bond motifs is 5. The summed E-state index contributed by atoms with van der Waals surface area (Å²) in [6.07, 6.45) is 2.96. The van der Waals surface area contributed by atoms with Gasteiger partial charge < -0.3 is 9.80 Å². The van der Waals surface area contributed by atoms with Crippen LogP contribution in [0.15, 0.2) is 24.3 Å². The molecule has 4 aliphatic rings. The Morgan fingerprint density at radius 3 is 2.79 bits per heavy atom. The molecule has 0 radical (unpaired) electrons. The van der Waals surface area contributed by atoms with Crippen molar-refractivity contribution in [3.05, 3.63) is 35.4 Å². The molecule has 5 heteroatoms. The molecule has 0 unspecified atom stereocenters. The van der Waals surface area contributed by atoms with E-state index in [1.54, 1.807) is 0 Å². The van der Waals surface area contributed by atoms with Crippen LogP contribution in [-0.2, 0) is 22.6 Å². The Bertz CT molecular complexity index is 660. The van der Waals surface area contributed by atoms with Crippen molar-refractivity contribution in [1.29, 1.82) is 0 Å². The topological polar surface area (TPSA) is 43.9 Å². The maximum atomic E-state index is 12.8. The summed E-state index contributed by atoms with van der Waals surface area (Å²) in [5.41, 5.74) is 2.74. The maximum absolute atomic E-state index is 12.8. The zero-order valence-electron chi connectivity index (χ0n) is 14.3. The van der Waals surface area contributed by atoms with Crippen molar-refractivity contribution in [2.45, 2.75) is 31.8 Å². The second-order valence-electron chi connectivity index (χ2n) is 7.41. The lowest BCUT2D eigenvalue weighted by Gasteiger charge is -2.32. The first kappa shape index (κ1) is 15.6. The Balaban J connectivity index is 1.41. The molecular weight excluding hydrogens is 302 g/mol. The Kier molecular flexibility index (Phi) is 4.04. The quantitative estimate of drug-likeness (QED) is 0.818. The van der Waals surface area contributed by atoms with Crippen LogP contribution in [-0.4, -0.2) is 65.8 Å². The molecule has 5 rings (SSSR count). The highest BCUT2D eigenvalue weighted by atomic mass is 16.2. The van der Waals surface area contributed by atoms with E-state index in [1.165, 1.54) is 11.1 Å². The third-order valence-electron chi connectivity index (χ3n) is 5.89. The molecule has 2 atom stereocenters. The van der Waals surface area contributed by atoms with Gasteiger partial charge in [-0.25, -0.2) is 0 Å². The number of piperidine rings is 1. The summed E-state index contributed by atoms with van der Waals surface area (Å²) in [4.78, 5) is 31.1. The van der Waals surface area contributed by atoms with E-state index in [-0.39, 0.29) is 23.8 Å². The minimum atomic E-state index is -0.000202. The molecule has 3 saturated heterocycles. The molecule has 5 nitrogen and oxygen atoms in total. The minimum Gasteiger partial charge on any atom is -0.341 e. The SMILES string of the molecule is CN1C(=O)[C@@H]2CC[C@H]1CN(C(=O)CN1CCc3ccccc3C1)C2. The summed E-state index contributed by atoms with van der Waals surface area (Å²) in [7, 11) is 1.88. The first-order valence-electron chi connectivity index (χ1n) is 8.95. The Morgan fingerprint density at radius 2 is 1.96 bits per heavy atom. The lowest BCUT2D eigenvalue weighted by Crippen LogP contribution is -2.46. The second kappa shape index (κ2) is 6.20. The third kappa shape index (κ3) is 2.81. The standard InChI is InChI=1S/C19H25N3O2/c1-20-17-7-6-16(19(20)24)11-22(12-17)18(23)13-21-9-8-14-4-2-3-5-15(14)10-21/h2-5,16-17H,6-13H2,1H3/t16-,17+/m1/s1. The molecule has 4 heterocycles. The highest BCUT2D eigenvalue weighted by molar-refractivity contribution is 5.83. The summed E-state index contributed by atoms with van der Waals surface area (Å²) in [5.74, 6) is 0.391. The van der Waals surface area contributed by atoms with E-state index in [4.69, 9.17) is 0 Å². The number of carbonyl (C=O) groups is 2. The monoisotopic (exact) mass is 327 g/mol. The largest absolute Gasteiger partial charge is 0.341 e. The van der Waals surface area contributed by atoms with Crippen LogP contribution in [0.3, 0.4) is 0 Å². The lowest BCUT2D eigenvalue weighted by atomic mass is 9.95. The summed E-state index contributed by atoms with van der Waals surface area (Å²) in [6, 6.07) is 8.69. The minimum absolute atomic E-state index is 0.000202. The highest BCUT2D eigenvalue weighted by Gasteiger charge is 2.40. The molecule has 0 saturated carbocycles. The summed E-state index contributed by atoms with van der Waals surface area (Å²) < 4.78 is 0. The fraction of sp³-hybridized carbons (Fsp3) is 0.579. The zero-order valence-corrected chi connectivity index (χ0v) is 14.3. The van der Waals surface area contributed by atoms with E-state index in [1.807, 2.05) is 16.8 Å². The van der Waals surface area contributed by atoms with Crippen LogP contribution in [0.2, 0.25) is 0 Å². The molecular formula is C19H25N3O2. The predicted molar refractivity (Wildman–Crippen MR) is 91.3 cm³/mol. The summed E-state index contributed by atoms with van der Waals surface area (Å²) in [5, 5.41) is 0. The Labute approximate surface area is 143 Å². The van der Waals surface area contributed by atoms with Crippen molar-refractivity contribution in [3.8, 4) is 0 Å². The van der Waals surface area contributed by atoms with Gasteiger partial charge in [0.05, 0.1) is 12.5 Å². The molecule has 1 aromatic carbocycles. The number of nitrogens with zero attached hydrogens (tertiary/aromatic N) is 3. The van der Waals surface area contributed by atoms with E-state index in [0.717, 1.165) is 32.4 Å². The van der Waals surface area contributed by atoms with Crippen molar-refractivity contribution in [2.75, 3.05) is 33.2 Å². The van der Waals surface area contributed by atoms with Gasteiger partial charge in [-0.3, -0.25) is 14.5 Å². The average molecular weight is 327 g/mol. The molecule has 24 heavy (non-hydrogen) atoms. The van der Waals surface area contributed by atoms with Crippen LogP contribution < -0.4 is 0 Å². The van der Waals surface area contributed by atoms with Crippen LogP contribution in [0.5, 0.6) is 0 Å². The Hall–Kier alpha value is -1.88. The number of amides is 2. The number of likely N-dealkylation sites (N-methyl/N-ethyl adjacent to an activating group) is 1. The lowest BCUT2D eigenvalue weighted by molar-refractivity contribution is -0.138. The van der Waals surface area contributed by atoms with Gasteiger partial charge >= 0.3 is 0 Å². The van der Waals surface area contributed by atoms with Crippen LogP contribution in [0.25, 0.3) is 0 Å². The van der Waals surface area contributed by atoms with E-state index in [9.17, 15) is 9.59 Å². The molecule has 3 fully saturated rings. The van der Waals surface area contributed by atoms with Gasteiger partial charge in [-0.2, -0.15) is 0 Å². The van der Waals surface area contributed by atoms with Gasteiger partial charge in [0.25, 0.3) is 0 Å². The number of rotatable bonds is 2. The van der Waals surface area contributed by atoms with Crippen molar-refractivity contribution in [1.82, 2.24) is 14.7 Å². The van der Waals surface area contributed by atoms with Crippen molar-refractivity contribution in [2.24, 2.45) is 5.92 Å². The molecule has 2 amide bonds. The molecule has 0 spiro atoms. The fourth-order valence-electron chi connectivity index (χ4n) is 4.34. The second-order valence-corrected chi connectivity index (χ2v) is 7.41. The molecule has 1 aromatic rings. The van der Waals surface area contributed by atoms with Crippen LogP contribution in [0.1, 0.15) is 24.0 Å². The molecule has 0 aromatic heterocycles. The van der Waals surface area contributed by atoms with Gasteiger partial charge in [-0.1, -0.05) is 24.3 Å². The van der Waals surface area contributed by atoms with Gasteiger partial charge in [-0.15, -0.1) is 0 Å². The normalized spacial score (nSPS) is 27.1. The third-order valence-corrected chi connectivity index (χ3v) is 5.89. The van der Waals surface area contributed by atoms with Crippen molar-refractivity contribution >= 4 is 11.8 Å². The van der Waals surface area contributed by atoms with Crippen molar-refractivity contribution < 1.29 is 9.59 Å². The number of carbonyl (C=O) groups excluding carboxylic acids is 2. The highest BCUT2D eigenvalue weighted by Crippen LogP contribution is 2.28. The predicted octanol–water partition coefficient (Wildman–Crippen LogP) is 1.12. The van der Waals surface area contributed by atoms with Gasteiger partial charge in [-0.05, 0) is 30.4 Å². The Morgan fingerprint density at radius 1 is 1.17 bits per heavy atom. The van der Waals surface area contributed by atoms with Crippen LogP contribution in [0, 0.1) is 5.92 Å². The fourth-order valence-corrected chi connectivity index (χ4v) is 4.34. The van der Waals surface area contributed by atoms with E-state index >= 15 is 0 Å². The first-order chi connectivity index (χ1) is 11.6. The molecule has 128 valence electrons. The summed E-state index contributed by atoms with van der Waals surface area (Å²) in [6.45, 7) is 3.54. The maximum Gasteiger partial charge on any atom is 0.236 e. The van der Waals surface area contributed by atoms with E-state index in [2.05, 4.69) is 29.2 Å². The smallest absolute Gasteiger partial charge is 0.236 e. The van der Waals surface area contributed by atoms with Crippen LogP contribution in [0.4, 0.5) is 0 Å². The number of hydrogen-bond donors (Lipinski definition) is 0. The van der Waals surface area contributed by atoms with Gasteiger partial charge in [0.2, 0.25) is 11.8 Å². The summed E-state index contributed by atoms with van der Waals surface area (Å²) >= 11 is 0. The van der Waals surface area contributed by atoms with Crippen LogP contribution >= 0.6 is 0 Å². The number of hydrogen-bond acceptors (Lipinski definition) is 3. The number of benzene rings is 1. The van der Waals surface area contributed by atoms with Gasteiger partial charge in [0.15, 0.2) is 0 Å². The molecule has 2 bridgehead atoms. The molecule has 0 aliphatic carbocycles. The molecule has 0 N–H and O–H groups in total. The zero-order chi connectivity index (χ0) is 16.7. The van der Waals surface area contributed by atoms with Gasteiger partial charge in [0, 0.05) is 39.3 Å². The molecule has 4 aliphatic heterocycles. The van der Waals surface area contributed by atoms with E-state index in [0.29, 0.717) is 19.6 Å². The average Bonchev–Trinajstić information content (AvgIpc) is 2.88. The van der Waals surface area contributed by atoms with Crippen molar-refractivity contribution in [3.63, 3.8) is 0 Å². The van der Waals surface area contributed by atoms with Gasteiger partial charge in [0.1, 0.15) is 0 Å². The van der Waals surface area contributed by atoms with E-state index < -0.39 is 0 Å². The first-order valence-corrected chi connectivity index (χ1v) is 8.95.